The molecule has 30 heavy (non-hydrogen) atoms. The van der Waals surface area contributed by atoms with E-state index in [1.807, 2.05) is 49.4 Å². The first-order chi connectivity index (χ1) is 14.3. The Bertz CT molecular complexity index is 982. The predicted octanol–water partition coefficient (Wildman–Crippen LogP) is 4.22. The summed E-state index contributed by atoms with van der Waals surface area (Å²) in [5.74, 6) is 0.928. The van der Waals surface area contributed by atoms with Gasteiger partial charge < -0.3 is 14.8 Å². The number of thioether (sulfide) groups is 1. The fourth-order valence-corrected chi connectivity index (χ4v) is 4.36. The molecule has 7 nitrogen and oxygen atoms in total. The quantitative estimate of drug-likeness (QED) is 0.611. The lowest BCUT2D eigenvalue weighted by Crippen LogP contribution is -2.25. The zero-order chi connectivity index (χ0) is 21.7. The molecule has 0 saturated carbocycles. The zero-order valence-corrected chi connectivity index (χ0v) is 19.2. The Kier molecular flexibility index (Phi) is 7.38. The number of amides is 2. The minimum atomic E-state index is -0.449. The molecule has 0 radical (unpaired) electrons. The van der Waals surface area contributed by atoms with Gasteiger partial charge in [-0.1, -0.05) is 39.8 Å². The highest BCUT2D eigenvalue weighted by atomic mass is 79.9. The van der Waals surface area contributed by atoms with E-state index in [0.717, 1.165) is 21.3 Å². The van der Waals surface area contributed by atoms with Gasteiger partial charge in [0, 0.05) is 23.9 Å². The van der Waals surface area contributed by atoms with Gasteiger partial charge in [0.15, 0.2) is 5.17 Å². The van der Waals surface area contributed by atoms with Gasteiger partial charge in [0.1, 0.15) is 30.1 Å². The molecular formula is C21H22BrN3O4S. The van der Waals surface area contributed by atoms with E-state index in [2.05, 4.69) is 26.3 Å². The third-order valence-electron chi connectivity index (χ3n) is 4.09. The molecule has 9 heteroatoms. The van der Waals surface area contributed by atoms with Crippen LogP contribution in [0, 0.1) is 6.92 Å². The third kappa shape index (κ3) is 5.76. The Labute approximate surface area is 187 Å². The molecule has 2 aromatic carbocycles. The van der Waals surface area contributed by atoms with Gasteiger partial charge in [0.05, 0.1) is 0 Å². The molecule has 2 amide bonds. The second kappa shape index (κ2) is 9.99. The monoisotopic (exact) mass is 491 g/mol. The highest BCUT2D eigenvalue weighted by Gasteiger charge is 2.34. The van der Waals surface area contributed by atoms with Crippen molar-refractivity contribution in [2.75, 3.05) is 13.2 Å². The Morgan fingerprint density at radius 1 is 1.17 bits per heavy atom. The van der Waals surface area contributed by atoms with Gasteiger partial charge in [-0.25, -0.2) is 5.01 Å². The molecule has 0 bridgehead atoms. The molecular weight excluding hydrogens is 470 g/mol. The Morgan fingerprint density at radius 2 is 1.93 bits per heavy atom. The number of aryl methyl sites for hydroxylation is 1. The van der Waals surface area contributed by atoms with E-state index < -0.39 is 5.37 Å². The van der Waals surface area contributed by atoms with Crippen LogP contribution >= 0.6 is 27.7 Å². The average Bonchev–Trinajstić information content (AvgIpc) is 3.09. The fourth-order valence-electron chi connectivity index (χ4n) is 2.83. The van der Waals surface area contributed by atoms with Crippen molar-refractivity contribution < 1.29 is 19.1 Å². The maximum Gasteiger partial charge on any atom is 0.241 e. The van der Waals surface area contributed by atoms with Gasteiger partial charge in [-0.05, 0) is 42.8 Å². The molecule has 0 aliphatic carbocycles. The molecule has 1 atom stereocenters. The topological polar surface area (TPSA) is 80.2 Å². The zero-order valence-electron chi connectivity index (χ0n) is 16.8. The minimum Gasteiger partial charge on any atom is -0.490 e. The summed E-state index contributed by atoms with van der Waals surface area (Å²) < 4.78 is 12.6. The molecule has 0 aromatic heterocycles. The number of nitrogens with zero attached hydrogens (tertiary/aromatic N) is 2. The van der Waals surface area contributed by atoms with Crippen LogP contribution < -0.4 is 14.8 Å². The van der Waals surface area contributed by atoms with Crippen LogP contribution in [-0.2, 0) is 9.59 Å². The summed E-state index contributed by atoms with van der Waals surface area (Å²) >= 11 is 4.76. The molecule has 0 fully saturated rings. The number of hydrazone groups is 1. The molecule has 1 N–H and O–H groups in total. The van der Waals surface area contributed by atoms with Crippen molar-refractivity contribution in [1.82, 2.24) is 10.3 Å². The molecule has 1 heterocycles. The lowest BCUT2D eigenvalue weighted by atomic mass is 10.2. The number of nitrogens with one attached hydrogen (secondary N) is 1. The molecule has 158 valence electrons. The lowest BCUT2D eigenvalue weighted by molar-refractivity contribution is -0.129. The van der Waals surface area contributed by atoms with Crippen LogP contribution in [0.1, 0.15) is 30.3 Å². The number of carbonyl (C=O) groups excluding carboxylic acids is 2. The van der Waals surface area contributed by atoms with Crippen molar-refractivity contribution in [2.24, 2.45) is 5.10 Å². The summed E-state index contributed by atoms with van der Waals surface area (Å²) in [5.41, 5.74) is 1.89. The van der Waals surface area contributed by atoms with Crippen LogP contribution in [0.4, 0.5) is 0 Å². The van der Waals surface area contributed by atoms with Crippen molar-refractivity contribution in [2.45, 2.75) is 26.1 Å². The number of amidine groups is 1. The molecule has 1 aliphatic rings. The maximum absolute atomic E-state index is 12.1. The van der Waals surface area contributed by atoms with Gasteiger partial charge >= 0.3 is 0 Å². The van der Waals surface area contributed by atoms with Crippen LogP contribution in [0.5, 0.6) is 11.5 Å². The van der Waals surface area contributed by atoms with Crippen LogP contribution in [0.25, 0.3) is 0 Å². The number of benzene rings is 2. The number of hydrogen-bond acceptors (Lipinski definition) is 6. The molecule has 3 rings (SSSR count). The Hall–Kier alpha value is -2.52. The first kappa shape index (κ1) is 22.2. The van der Waals surface area contributed by atoms with Crippen molar-refractivity contribution in [3.05, 3.63) is 58.1 Å². The highest BCUT2D eigenvalue weighted by Crippen LogP contribution is 2.43. The lowest BCUT2D eigenvalue weighted by Gasteiger charge is -2.22. The van der Waals surface area contributed by atoms with E-state index in [1.165, 1.54) is 30.6 Å². The molecule has 0 saturated heterocycles. The molecule has 1 unspecified atom stereocenters. The van der Waals surface area contributed by atoms with Crippen LogP contribution in [0.2, 0.25) is 0 Å². The first-order valence-electron chi connectivity index (χ1n) is 9.28. The van der Waals surface area contributed by atoms with E-state index in [9.17, 15) is 9.59 Å². The summed E-state index contributed by atoms with van der Waals surface area (Å²) in [4.78, 5) is 23.5. The van der Waals surface area contributed by atoms with Gasteiger partial charge in [0.2, 0.25) is 11.8 Å². The van der Waals surface area contributed by atoms with Gasteiger partial charge in [0.25, 0.3) is 0 Å². The summed E-state index contributed by atoms with van der Waals surface area (Å²) in [6.45, 7) is 5.55. The van der Waals surface area contributed by atoms with Gasteiger partial charge in [-0.15, -0.1) is 5.10 Å². The van der Waals surface area contributed by atoms with E-state index in [1.54, 1.807) is 0 Å². The second-order valence-corrected chi connectivity index (χ2v) is 8.60. The normalized spacial score (nSPS) is 15.5. The summed E-state index contributed by atoms with van der Waals surface area (Å²) in [5, 5.41) is 8.14. The highest BCUT2D eigenvalue weighted by molar-refractivity contribution is 9.10. The van der Waals surface area contributed by atoms with E-state index in [4.69, 9.17) is 9.47 Å². The minimum absolute atomic E-state index is 0.235. The van der Waals surface area contributed by atoms with E-state index in [-0.39, 0.29) is 11.8 Å². The second-order valence-electron chi connectivity index (χ2n) is 6.62. The summed E-state index contributed by atoms with van der Waals surface area (Å²) in [6, 6.07) is 13.4. The number of hydrogen-bond donors (Lipinski definition) is 1. The smallest absolute Gasteiger partial charge is 0.241 e. The van der Waals surface area contributed by atoms with Gasteiger partial charge in [-0.3, -0.25) is 9.59 Å². The SMILES string of the molecule is CC(=O)NC1=NN(C(C)=O)C(c2cc(Br)ccc2OCCOc2cccc(C)c2)S1. The number of carbonyl (C=O) groups is 2. The average molecular weight is 492 g/mol. The van der Waals surface area contributed by atoms with Crippen LogP contribution in [-0.4, -0.2) is 35.2 Å². The number of rotatable bonds is 6. The van der Waals surface area contributed by atoms with Gasteiger partial charge in [-0.2, -0.15) is 0 Å². The van der Waals surface area contributed by atoms with Crippen LogP contribution in [0.15, 0.2) is 52.0 Å². The molecule has 1 aliphatic heterocycles. The predicted molar refractivity (Wildman–Crippen MR) is 120 cm³/mol. The van der Waals surface area contributed by atoms with Crippen molar-refractivity contribution in [3.8, 4) is 11.5 Å². The third-order valence-corrected chi connectivity index (χ3v) is 5.66. The maximum atomic E-state index is 12.1. The first-order valence-corrected chi connectivity index (χ1v) is 10.9. The Morgan fingerprint density at radius 3 is 2.63 bits per heavy atom. The largest absolute Gasteiger partial charge is 0.490 e. The number of ether oxygens (including phenoxy) is 2. The van der Waals surface area contributed by atoms with Crippen LogP contribution in [0.3, 0.4) is 0 Å². The molecule has 2 aromatic rings. The van der Waals surface area contributed by atoms with Crippen molar-refractivity contribution in [1.29, 1.82) is 0 Å². The fraction of sp³-hybridized carbons (Fsp3) is 0.286. The van der Waals surface area contributed by atoms with Crippen molar-refractivity contribution in [3.63, 3.8) is 0 Å². The molecule has 0 spiro atoms. The van der Waals surface area contributed by atoms with Crippen molar-refractivity contribution >= 4 is 44.7 Å². The van der Waals surface area contributed by atoms with E-state index >= 15 is 0 Å². The van der Waals surface area contributed by atoms with E-state index in [0.29, 0.717) is 24.1 Å². The standard InChI is InChI=1S/C21H22BrN3O4S/c1-13-5-4-6-17(11-13)28-9-10-29-19-8-7-16(22)12-18(19)20-25(15(3)27)24-21(30-20)23-14(2)26/h4-8,11-12,20H,9-10H2,1-3H3,(H,23,24,26). The number of halogens is 1. The summed E-state index contributed by atoms with van der Waals surface area (Å²) in [6.07, 6.45) is 0. The summed E-state index contributed by atoms with van der Waals surface area (Å²) in [7, 11) is 0. The Balaban J connectivity index is 1.71.